The number of rotatable bonds is 3. The molecule has 2 aromatic rings. The first-order chi connectivity index (χ1) is 9.49. The third kappa shape index (κ3) is 5.95. The van der Waals surface area contributed by atoms with Crippen LogP contribution in [0.2, 0.25) is 0 Å². The van der Waals surface area contributed by atoms with Gasteiger partial charge >= 0.3 is 0 Å². The molecule has 0 spiro atoms. The van der Waals surface area contributed by atoms with Gasteiger partial charge in [0.15, 0.2) is 0 Å². The standard InChI is InChI=1S/C8H8FNO.C7H10N2/c9-7-3-1-2-6(4-7)5-8(10)11;1-9(2)7-3-5-8-6-4-7/h1-4H,5H2,(H2,10,11);3-6H,1-2H3. The minimum Gasteiger partial charge on any atom is -0.378 e. The van der Waals surface area contributed by atoms with Gasteiger partial charge in [-0.05, 0) is 29.8 Å². The van der Waals surface area contributed by atoms with Crippen LogP contribution in [0.4, 0.5) is 10.1 Å². The van der Waals surface area contributed by atoms with Crippen LogP contribution in [-0.4, -0.2) is 25.0 Å². The molecule has 0 bridgehead atoms. The lowest BCUT2D eigenvalue weighted by Gasteiger charge is -2.10. The molecule has 2 rings (SSSR count). The predicted molar refractivity (Wildman–Crippen MR) is 77.9 cm³/mol. The Bertz CT molecular complexity index is 544. The average Bonchev–Trinajstić information content (AvgIpc) is 2.39. The van der Waals surface area contributed by atoms with Crippen LogP contribution < -0.4 is 10.6 Å². The van der Waals surface area contributed by atoms with Crippen molar-refractivity contribution in [2.45, 2.75) is 6.42 Å². The van der Waals surface area contributed by atoms with Crippen molar-refractivity contribution in [3.8, 4) is 0 Å². The van der Waals surface area contributed by atoms with Gasteiger partial charge < -0.3 is 10.6 Å². The van der Waals surface area contributed by atoms with Crippen LogP contribution in [0.15, 0.2) is 48.8 Å². The molecule has 0 radical (unpaired) electrons. The summed E-state index contributed by atoms with van der Waals surface area (Å²) in [4.78, 5) is 16.3. The zero-order valence-electron chi connectivity index (χ0n) is 11.6. The third-order valence-corrected chi connectivity index (χ3v) is 2.45. The van der Waals surface area contributed by atoms with Crippen molar-refractivity contribution in [3.05, 3.63) is 60.2 Å². The summed E-state index contributed by atoms with van der Waals surface area (Å²) < 4.78 is 12.5. The molecular formula is C15H18FN3O. The van der Waals surface area contributed by atoms with E-state index in [1.165, 1.54) is 17.8 Å². The molecular weight excluding hydrogens is 257 g/mol. The monoisotopic (exact) mass is 275 g/mol. The van der Waals surface area contributed by atoms with Crippen LogP contribution in [0.3, 0.4) is 0 Å². The van der Waals surface area contributed by atoms with E-state index in [0.29, 0.717) is 5.56 Å². The molecule has 1 amide bonds. The van der Waals surface area contributed by atoms with E-state index in [4.69, 9.17) is 5.73 Å². The van der Waals surface area contributed by atoms with Crippen LogP contribution in [0.25, 0.3) is 0 Å². The number of nitrogens with zero attached hydrogens (tertiary/aromatic N) is 2. The minimum absolute atomic E-state index is 0.0950. The molecule has 0 unspecified atom stereocenters. The van der Waals surface area contributed by atoms with Gasteiger partial charge in [0.1, 0.15) is 5.82 Å². The molecule has 0 saturated heterocycles. The van der Waals surface area contributed by atoms with Crippen molar-refractivity contribution in [2.75, 3.05) is 19.0 Å². The minimum atomic E-state index is -0.449. The molecule has 2 N–H and O–H groups in total. The number of aromatic nitrogens is 1. The SMILES string of the molecule is CN(C)c1ccncc1.NC(=O)Cc1cccc(F)c1. The number of nitrogens with two attached hydrogens (primary N) is 1. The Balaban J connectivity index is 0.000000204. The maximum Gasteiger partial charge on any atom is 0.221 e. The number of primary amides is 1. The second-order valence-electron chi connectivity index (χ2n) is 4.37. The Kier molecular flexibility index (Phi) is 6.16. The summed E-state index contributed by atoms with van der Waals surface area (Å²) in [5, 5.41) is 0. The van der Waals surface area contributed by atoms with Crippen LogP contribution in [0.5, 0.6) is 0 Å². The zero-order chi connectivity index (χ0) is 15.0. The number of carbonyl (C=O) groups is 1. The maximum atomic E-state index is 12.5. The number of hydrogen-bond donors (Lipinski definition) is 1. The van der Waals surface area contributed by atoms with Gasteiger partial charge in [0.25, 0.3) is 0 Å². The molecule has 5 heteroatoms. The highest BCUT2D eigenvalue weighted by Gasteiger charge is 1.98. The van der Waals surface area contributed by atoms with Crippen molar-refractivity contribution in [1.82, 2.24) is 4.98 Å². The predicted octanol–water partition coefficient (Wildman–Crippen LogP) is 2.00. The van der Waals surface area contributed by atoms with Crippen molar-refractivity contribution >= 4 is 11.6 Å². The second-order valence-corrected chi connectivity index (χ2v) is 4.37. The number of carbonyl (C=O) groups excluding carboxylic acids is 1. The molecule has 106 valence electrons. The Labute approximate surface area is 118 Å². The summed E-state index contributed by atoms with van der Waals surface area (Å²) in [6.45, 7) is 0. The largest absolute Gasteiger partial charge is 0.378 e. The first-order valence-electron chi connectivity index (χ1n) is 6.09. The van der Waals surface area contributed by atoms with E-state index in [2.05, 4.69) is 4.98 Å². The lowest BCUT2D eigenvalue weighted by Crippen LogP contribution is -2.13. The second kappa shape index (κ2) is 7.89. The van der Waals surface area contributed by atoms with E-state index >= 15 is 0 Å². The summed E-state index contributed by atoms with van der Waals surface area (Å²) in [7, 11) is 4.02. The summed E-state index contributed by atoms with van der Waals surface area (Å²) in [6, 6.07) is 9.77. The van der Waals surface area contributed by atoms with Crippen LogP contribution in [-0.2, 0) is 11.2 Å². The Morgan fingerprint density at radius 2 is 1.90 bits per heavy atom. The summed E-state index contributed by atoms with van der Waals surface area (Å²) in [6.07, 6.45) is 3.67. The molecule has 0 aliphatic rings. The molecule has 1 aromatic heterocycles. The first kappa shape index (κ1) is 15.6. The molecule has 0 aliphatic carbocycles. The summed E-state index contributed by atoms with van der Waals surface area (Å²) >= 11 is 0. The van der Waals surface area contributed by atoms with Gasteiger partial charge in [0.05, 0.1) is 6.42 Å². The van der Waals surface area contributed by atoms with Crippen LogP contribution in [0, 0.1) is 5.82 Å². The van der Waals surface area contributed by atoms with E-state index in [1.54, 1.807) is 24.5 Å². The summed E-state index contributed by atoms with van der Waals surface area (Å²) in [5.74, 6) is -0.792. The van der Waals surface area contributed by atoms with Crippen molar-refractivity contribution < 1.29 is 9.18 Å². The van der Waals surface area contributed by atoms with Crippen molar-refractivity contribution in [2.24, 2.45) is 5.73 Å². The molecule has 0 fully saturated rings. The molecule has 20 heavy (non-hydrogen) atoms. The van der Waals surface area contributed by atoms with E-state index < -0.39 is 5.91 Å². The van der Waals surface area contributed by atoms with Gasteiger partial charge in [0.2, 0.25) is 5.91 Å². The summed E-state index contributed by atoms with van der Waals surface area (Å²) in [5.41, 5.74) is 6.71. The van der Waals surface area contributed by atoms with E-state index in [9.17, 15) is 9.18 Å². The molecule has 4 nitrogen and oxygen atoms in total. The van der Waals surface area contributed by atoms with Gasteiger partial charge in [-0.2, -0.15) is 0 Å². The Morgan fingerprint density at radius 3 is 2.35 bits per heavy atom. The zero-order valence-corrected chi connectivity index (χ0v) is 11.6. The number of benzene rings is 1. The fraction of sp³-hybridized carbons (Fsp3) is 0.200. The smallest absolute Gasteiger partial charge is 0.221 e. The highest BCUT2D eigenvalue weighted by atomic mass is 19.1. The van der Waals surface area contributed by atoms with Gasteiger partial charge in [0, 0.05) is 32.2 Å². The average molecular weight is 275 g/mol. The molecule has 0 aliphatic heterocycles. The number of amides is 1. The van der Waals surface area contributed by atoms with Gasteiger partial charge in [-0.15, -0.1) is 0 Å². The lowest BCUT2D eigenvalue weighted by atomic mass is 10.1. The third-order valence-electron chi connectivity index (χ3n) is 2.45. The van der Waals surface area contributed by atoms with E-state index in [1.807, 2.05) is 31.1 Å². The van der Waals surface area contributed by atoms with Gasteiger partial charge in [-0.3, -0.25) is 9.78 Å². The maximum absolute atomic E-state index is 12.5. The topological polar surface area (TPSA) is 59.2 Å². The van der Waals surface area contributed by atoms with Crippen molar-refractivity contribution in [3.63, 3.8) is 0 Å². The quantitative estimate of drug-likeness (QED) is 0.932. The van der Waals surface area contributed by atoms with Crippen LogP contribution in [0.1, 0.15) is 5.56 Å². The fourth-order valence-electron chi connectivity index (χ4n) is 1.49. The number of anilines is 1. The van der Waals surface area contributed by atoms with Crippen LogP contribution >= 0.6 is 0 Å². The number of halogens is 1. The van der Waals surface area contributed by atoms with E-state index in [0.717, 1.165) is 0 Å². The Morgan fingerprint density at radius 1 is 1.25 bits per heavy atom. The molecule has 0 atom stereocenters. The fourth-order valence-corrected chi connectivity index (χ4v) is 1.49. The van der Waals surface area contributed by atoms with Crippen molar-refractivity contribution in [1.29, 1.82) is 0 Å². The lowest BCUT2D eigenvalue weighted by molar-refractivity contribution is -0.117. The Hall–Kier alpha value is -2.43. The molecule has 1 aromatic carbocycles. The molecule has 0 saturated carbocycles. The van der Waals surface area contributed by atoms with E-state index in [-0.39, 0.29) is 12.2 Å². The first-order valence-corrected chi connectivity index (χ1v) is 6.09. The number of hydrogen-bond acceptors (Lipinski definition) is 3. The van der Waals surface area contributed by atoms with Gasteiger partial charge in [-0.25, -0.2) is 4.39 Å². The highest BCUT2D eigenvalue weighted by molar-refractivity contribution is 5.76. The normalized spacial score (nSPS) is 9.35. The highest BCUT2D eigenvalue weighted by Crippen LogP contribution is 2.05. The number of pyridine rings is 1. The molecule has 1 heterocycles. The van der Waals surface area contributed by atoms with Gasteiger partial charge in [-0.1, -0.05) is 12.1 Å².